The maximum absolute atomic E-state index is 5.80. The molecule has 0 N–H and O–H groups in total. The monoisotopic (exact) mass is 279 g/mol. The molecule has 5 heteroatoms. The Bertz CT molecular complexity index is 398. The summed E-state index contributed by atoms with van der Waals surface area (Å²) in [6, 6.07) is 0. The van der Waals surface area contributed by atoms with Crippen molar-refractivity contribution in [1.29, 1.82) is 0 Å². The van der Waals surface area contributed by atoms with Gasteiger partial charge in [0.1, 0.15) is 5.52 Å². The summed E-state index contributed by atoms with van der Waals surface area (Å²) >= 11 is 7.93. The van der Waals surface area contributed by atoms with Crippen LogP contribution in [-0.4, -0.2) is 14.4 Å². The first kappa shape index (κ1) is 7.30. The Hall–Kier alpha value is -0.360. The smallest absolute Gasteiger partial charge is 0.176 e. The molecule has 2 rings (SSSR count). The second kappa shape index (κ2) is 2.60. The SMILES string of the molecule is Clc1nccn2c(I)ncc12. The molecule has 2 aromatic heterocycles. The third-order valence-corrected chi connectivity index (χ3v) is 2.46. The van der Waals surface area contributed by atoms with Crippen LogP contribution in [0.25, 0.3) is 5.52 Å². The lowest BCUT2D eigenvalue weighted by Gasteiger charge is -1.93. The number of rotatable bonds is 0. The van der Waals surface area contributed by atoms with Crippen LogP contribution < -0.4 is 0 Å². The Labute approximate surface area is 81.6 Å². The molecule has 0 amide bonds. The Morgan fingerprint density at radius 2 is 2.27 bits per heavy atom. The highest BCUT2D eigenvalue weighted by Gasteiger charge is 2.02. The topological polar surface area (TPSA) is 30.2 Å². The van der Waals surface area contributed by atoms with Gasteiger partial charge in [0.15, 0.2) is 8.98 Å². The Kier molecular flexibility index (Phi) is 1.72. The van der Waals surface area contributed by atoms with Crippen molar-refractivity contribution in [3.8, 4) is 0 Å². The number of hydrogen-bond donors (Lipinski definition) is 0. The van der Waals surface area contributed by atoms with Crippen molar-refractivity contribution in [3.05, 3.63) is 27.6 Å². The van der Waals surface area contributed by atoms with E-state index in [2.05, 4.69) is 32.6 Å². The summed E-state index contributed by atoms with van der Waals surface area (Å²) in [5.74, 6) is 0. The molecule has 0 atom stereocenters. The molecule has 0 aliphatic rings. The number of fused-ring (bicyclic) bond motifs is 1. The molecule has 0 unspecified atom stereocenters. The summed E-state index contributed by atoms with van der Waals surface area (Å²) in [5, 5.41) is 0.489. The fourth-order valence-corrected chi connectivity index (χ4v) is 1.62. The van der Waals surface area contributed by atoms with E-state index in [0.717, 1.165) is 9.35 Å². The van der Waals surface area contributed by atoms with Crippen LogP contribution in [0.4, 0.5) is 0 Å². The summed E-state index contributed by atoms with van der Waals surface area (Å²) < 4.78 is 2.78. The summed E-state index contributed by atoms with van der Waals surface area (Å²) in [4.78, 5) is 8.00. The molecule has 2 aromatic rings. The number of imidazole rings is 1. The van der Waals surface area contributed by atoms with Gasteiger partial charge in [0, 0.05) is 35.0 Å². The van der Waals surface area contributed by atoms with Crippen LogP contribution in [0.5, 0.6) is 0 Å². The molecule has 0 saturated heterocycles. The van der Waals surface area contributed by atoms with Crippen LogP contribution in [-0.2, 0) is 0 Å². The number of aromatic nitrogens is 3. The maximum atomic E-state index is 5.80. The predicted molar refractivity (Wildman–Crippen MR) is 50.7 cm³/mol. The minimum Gasteiger partial charge on any atom is -0.291 e. The zero-order valence-corrected chi connectivity index (χ0v) is 8.24. The average molecular weight is 279 g/mol. The molecule has 56 valence electrons. The zero-order chi connectivity index (χ0) is 7.84. The van der Waals surface area contributed by atoms with Crippen molar-refractivity contribution in [1.82, 2.24) is 14.4 Å². The van der Waals surface area contributed by atoms with Gasteiger partial charge < -0.3 is 0 Å². The lowest BCUT2D eigenvalue weighted by atomic mass is 10.6. The third kappa shape index (κ3) is 1.10. The van der Waals surface area contributed by atoms with Crippen LogP contribution in [0.3, 0.4) is 0 Å². The Morgan fingerprint density at radius 3 is 3.00 bits per heavy atom. The molecule has 0 aliphatic heterocycles. The molecule has 0 bridgehead atoms. The number of nitrogens with zero attached hydrogens (tertiary/aromatic N) is 3. The molecule has 0 spiro atoms. The summed E-state index contributed by atoms with van der Waals surface area (Å²) in [5.41, 5.74) is 0.846. The normalized spacial score (nSPS) is 10.7. The Balaban J connectivity index is 2.94. The molecule has 3 nitrogen and oxygen atoms in total. The summed E-state index contributed by atoms with van der Waals surface area (Å²) in [7, 11) is 0. The quantitative estimate of drug-likeness (QED) is 0.690. The van der Waals surface area contributed by atoms with Gasteiger partial charge >= 0.3 is 0 Å². The van der Waals surface area contributed by atoms with E-state index in [-0.39, 0.29) is 0 Å². The maximum Gasteiger partial charge on any atom is 0.176 e. The fourth-order valence-electron chi connectivity index (χ4n) is 0.864. The van der Waals surface area contributed by atoms with Crippen molar-refractivity contribution in [2.24, 2.45) is 0 Å². The lowest BCUT2D eigenvalue weighted by Crippen LogP contribution is -1.88. The molecule has 2 heterocycles. The van der Waals surface area contributed by atoms with Crippen LogP contribution in [0.15, 0.2) is 18.6 Å². The van der Waals surface area contributed by atoms with Crippen molar-refractivity contribution in [3.63, 3.8) is 0 Å². The highest BCUT2D eigenvalue weighted by molar-refractivity contribution is 14.1. The van der Waals surface area contributed by atoms with E-state index in [4.69, 9.17) is 11.6 Å². The molecule has 0 radical (unpaired) electrons. The summed E-state index contributed by atoms with van der Waals surface area (Å²) in [6.45, 7) is 0. The van der Waals surface area contributed by atoms with Gasteiger partial charge in [-0.1, -0.05) is 11.6 Å². The van der Waals surface area contributed by atoms with E-state index in [9.17, 15) is 0 Å². The van der Waals surface area contributed by atoms with E-state index in [0.29, 0.717) is 5.15 Å². The van der Waals surface area contributed by atoms with Crippen molar-refractivity contribution < 1.29 is 0 Å². The largest absolute Gasteiger partial charge is 0.291 e. The molecular weight excluding hydrogens is 276 g/mol. The van der Waals surface area contributed by atoms with Crippen LogP contribution >= 0.6 is 34.2 Å². The fraction of sp³-hybridized carbons (Fsp3) is 0. The van der Waals surface area contributed by atoms with E-state index in [1.165, 1.54) is 0 Å². The highest BCUT2D eigenvalue weighted by Crippen LogP contribution is 2.15. The average Bonchev–Trinajstić information content (AvgIpc) is 2.35. The van der Waals surface area contributed by atoms with Crippen LogP contribution in [0.2, 0.25) is 5.15 Å². The van der Waals surface area contributed by atoms with Gasteiger partial charge in [-0.3, -0.25) is 4.40 Å². The predicted octanol–water partition coefficient (Wildman–Crippen LogP) is 1.99. The second-order valence-electron chi connectivity index (χ2n) is 2.00. The van der Waals surface area contributed by atoms with Crippen LogP contribution in [0, 0.1) is 3.83 Å². The Morgan fingerprint density at radius 1 is 1.45 bits per heavy atom. The van der Waals surface area contributed by atoms with Gasteiger partial charge in [-0.05, 0) is 0 Å². The van der Waals surface area contributed by atoms with E-state index in [1.807, 2.05) is 10.6 Å². The van der Waals surface area contributed by atoms with Crippen molar-refractivity contribution in [2.45, 2.75) is 0 Å². The van der Waals surface area contributed by atoms with Crippen molar-refractivity contribution in [2.75, 3.05) is 0 Å². The molecular formula is C6H3ClIN3. The van der Waals surface area contributed by atoms with Gasteiger partial charge in [0.05, 0.1) is 6.20 Å². The van der Waals surface area contributed by atoms with E-state index >= 15 is 0 Å². The van der Waals surface area contributed by atoms with Gasteiger partial charge in [0.2, 0.25) is 0 Å². The minimum atomic E-state index is 0.489. The van der Waals surface area contributed by atoms with Crippen molar-refractivity contribution >= 4 is 39.7 Å². The van der Waals surface area contributed by atoms with Crippen LogP contribution in [0.1, 0.15) is 0 Å². The van der Waals surface area contributed by atoms with E-state index < -0.39 is 0 Å². The van der Waals surface area contributed by atoms with Gasteiger partial charge in [0.25, 0.3) is 0 Å². The molecule has 11 heavy (non-hydrogen) atoms. The first-order chi connectivity index (χ1) is 5.29. The minimum absolute atomic E-state index is 0.489. The second-order valence-corrected chi connectivity index (χ2v) is 3.32. The van der Waals surface area contributed by atoms with Gasteiger partial charge in [-0.25, -0.2) is 9.97 Å². The molecule has 0 aromatic carbocycles. The number of halogens is 2. The van der Waals surface area contributed by atoms with Gasteiger partial charge in [-0.15, -0.1) is 0 Å². The number of hydrogen-bond acceptors (Lipinski definition) is 2. The standard InChI is InChI=1S/C6H3ClIN3/c7-5-4-3-10-6(8)11(4)2-1-9-5/h1-3H. The first-order valence-corrected chi connectivity index (χ1v) is 4.38. The van der Waals surface area contributed by atoms with Gasteiger partial charge in [-0.2, -0.15) is 0 Å². The molecule has 0 fully saturated rings. The van der Waals surface area contributed by atoms with E-state index in [1.54, 1.807) is 12.4 Å². The zero-order valence-electron chi connectivity index (χ0n) is 5.33. The third-order valence-electron chi connectivity index (χ3n) is 1.37. The molecule has 0 aliphatic carbocycles. The molecule has 0 saturated carbocycles. The first-order valence-electron chi connectivity index (χ1n) is 2.92. The summed E-state index contributed by atoms with van der Waals surface area (Å²) in [6.07, 6.45) is 5.19. The highest BCUT2D eigenvalue weighted by atomic mass is 127. The lowest BCUT2D eigenvalue weighted by molar-refractivity contribution is 1.07.